The van der Waals surface area contributed by atoms with Gasteiger partial charge in [-0.25, -0.2) is 4.31 Å². The first-order valence-corrected chi connectivity index (χ1v) is 4.33. The summed E-state index contributed by atoms with van der Waals surface area (Å²) in [6.07, 6.45) is 4.94. The molecule has 1 aliphatic rings. The fourth-order valence-electron chi connectivity index (χ4n) is 1.18. The average Bonchev–Trinajstić information content (AvgIpc) is 2.14. The summed E-state index contributed by atoms with van der Waals surface area (Å²) in [5.41, 5.74) is 0. The minimum Gasteiger partial charge on any atom is -0.248 e. The van der Waals surface area contributed by atoms with Crippen molar-refractivity contribution in [2.24, 2.45) is 0 Å². The Balaban J connectivity index is 2.30. The molecule has 1 nitrogen and oxygen atoms in total. The summed E-state index contributed by atoms with van der Waals surface area (Å²) in [6, 6.07) is 0.824. The van der Waals surface area contributed by atoms with Crippen molar-refractivity contribution in [3.05, 3.63) is 0 Å². The molecule has 1 heterocycles. The Labute approximate surface area is 55.6 Å². The van der Waals surface area contributed by atoms with E-state index in [1.54, 1.807) is 0 Å². The smallest absolute Gasteiger partial charge is 0.0174 e. The van der Waals surface area contributed by atoms with Crippen LogP contribution in [-0.4, -0.2) is 23.1 Å². The summed E-state index contributed by atoms with van der Waals surface area (Å²) in [5, 5.41) is 0. The van der Waals surface area contributed by atoms with Gasteiger partial charge in [0.25, 0.3) is 0 Å². The van der Waals surface area contributed by atoms with Gasteiger partial charge in [-0.1, -0.05) is 11.9 Å². The molecule has 1 unspecified atom stereocenters. The first kappa shape index (κ1) is 6.43. The van der Waals surface area contributed by atoms with Crippen molar-refractivity contribution in [3.63, 3.8) is 0 Å². The third kappa shape index (κ3) is 1.17. The second kappa shape index (κ2) is 2.74. The van der Waals surface area contributed by atoms with E-state index in [0.717, 1.165) is 6.04 Å². The van der Waals surface area contributed by atoms with E-state index in [9.17, 15) is 0 Å². The van der Waals surface area contributed by atoms with Crippen LogP contribution in [0.25, 0.3) is 0 Å². The van der Waals surface area contributed by atoms with Crippen molar-refractivity contribution in [3.8, 4) is 0 Å². The molecule has 0 aromatic rings. The van der Waals surface area contributed by atoms with Gasteiger partial charge in [-0.05, 0) is 26.0 Å². The number of rotatable bonds is 1. The molecule has 48 valence electrons. The van der Waals surface area contributed by atoms with Crippen molar-refractivity contribution in [2.45, 2.75) is 25.8 Å². The molecule has 0 aromatic carbocycles. The Morgan fingerprint density at radius 2 is 2.38 bits per heavy atom. The first-order valence-electron chi connectivity index (χ1n) is 3.15. The third-order valence-electron chi connectivity index (χ3n) is 1.73. The molecule has 1 atom stereocenters. The predicted octanol–water partition coefficient (Wildman–Crippen LogP) is 1.75. The molecule has 0 N–H and O–H groups in total. The zero-order chi connectivity index (χ0) is 5.98. The van der Waals surface area contributed by atoms with Crippen LogP contribution in [0.3, 0.4) is 0 Å². The predicted molar refractivity (Wildman–Crippen MR) is 38.9 cm³/mol. The summed E-state index contributed by atoms with van der Waals surface area (Å²) in [4.78, 5) is 0. The minimum atomic E-state index is 0.824. The van der Waals surface area contributed by atoms with E-state index >= 15 is 0 Å². The Morgan fingerprint density at radius 1 is 1.62 bits per heavy atom. The molecule has 1 fully saturated rings. The highest BCUT2D eigenvalue weighted by Gasteiger charge is 2.18. The molecular weight excluding hydrogens is 118 g/mol. The molecule has 1 saturated heterocycles. The Bertz CT molecular complexity index is 74.9. The van der Waals surface area contributed by atoms with Gasteiger partial charge in [0.2, 0.25) is 0 Å². The molecule has 1 rings (SSSR count). The topological polar surface area (TPSA) is 3.24 Å². The van der Waals surface area contributed by atoms with Crippen LogP contribution in [0.4, 0.5) is 0 Å². The summed E-state index contributed by atoms with van der Waals surface area (Å²) in [6.45, 7) is 3.59. The zero-order valence-corrected chi connectivity index (χ0v) is 6.37. The lowest BCUT2D eigenvalue weighted by molar-refractivity contribution is 0.469. The van der Waals surface area contributed by atoms with Gasteiger partial charge in [0.1, 0.15) is 0 Å². The van der Waals surface area contributed by atoms with E-state index in [1.165, 1.54) is 19.4 Å². The Morgan fingerprint density at radius 3 is 2.62 bits per heavy atom. The van der Waals surface area contributed by atoms with Crippen LogP contribution in [0, 0.1) is 0 Å². The lowest BCUT2D eigenvalue weighted by atomic mass is 10.3. The molecule has 8 heavy (non-hydrogen) atoms. The van der Waals surface area contributed by atoms with Gasteiger partial charge in [0.05, 0.1) is 0 Å². The van der Waals surface area contributed by atoms with Crippen LogP contribution in [0.2, 0.25) is 0 Å². The standard InChI is InChI=1S/C6H13NS/c1-6-4-3-5-7(6)8-2/h6H,3-5H2,1-2H3. The summed E-state index contributed by atoms with van der Waals surface area (Å²) in [5.74, 6) is 0. The molecule has 0 bridgehead atoms. The highest BCUT2D eigenvalue weighted by molar-refractivity contribution is 7.96. The zero-order valence-electron chi connectivity index (χ0n) is 5.55. The van der Waals surface area contributed by atoms with Crippen LogP contribution in [-0.2, 0) is 0 Å². The van der Waals surface area contributed by atoms with Crippen LogP contribution < -0.4 is 0 Å². The lowest BCUT2D eigenvalue weighted by Crippen LogP contribution is -2.17. The van der Waals surface area contributed by atoms with Crippen LogP contribution in [0.1, 0.15) is 19.8 Å². The monoisotopic (exact) mass is 131 g/mol. The maximum absolute atomic E-state index is 2.44. The molecule has 0 saturated carbocycles. The quantitative estimate of drug-likeness (QED) is 0.499. The van der Waals surface area contributed by atoms with Gasteiger partial charge in [0.15, 0.2) is 0 Å². The number of hydrogen-bond acceptors (Lipinski definition) is 2. The highest BCUT2D eigenvalue weighted by atomic mass is 32.2. The molecule has 0 aliphatic carbocycles. The van der Waals surface area contributed by atoms with Crippen molar-refractivity contribution in [2.75, 3.05) is 12.8 Å². The van der Waals surface area contributed by atoms with E-state index in [-0.39, 0.29) is 0 Å². The maximum Gasteiger partial charge on any atom is 0.0174 e. The van der Waals surface area contributed by atoms with Crippen LogP contribution in [0.5, 0.6) is 0 Å². The van der Waals surface area contributed by atoms with Crippen molar-refractivity contribution >= 4 is 11.9 Å². The van der Waals surface area contributed by atoms with Gasteiger partial charge in [0, 0.05) is 12.6 Å². The first-order chi connectivity index (χ1) is 3.84. The van der Waals surface area contributed by atoms with Crippen LogP contribution in [0.15, 0.2) is 0 Å². The molecular formula is C6H13NS. The van der Waals surface area contributed by atoms with E-state index < -0.39 is 0 Å². The summed E-state index contributed by atoms with van der Waals surface area (Å²) < 4.78 is 2.44. The van der Waals surface area contributed by atoms with Crippen LogP contribution >= 0.6 is 11.9 Å². The minimum absolute atomic E-state index is 0.824. The second-order valence-corrected chi connectivity index (χ2v) is 3.15. The largest absolute Gasteiger partial charge is 0.248 e. The molecule has 0 radical (unpaired) electrons. The summed E-state index contributed by atoms with van der Waals surface area (Å²) >= 11 is 1.87. The van der Waals surface area contributed by atoms with E-state index in [4.69, 9.17) is 0 Å². The SMILES string of the molecule is CSN1CCCC1C. The van der Waals surface area contributed by atoms with Gasteiger partial charge >= 0.3 is 0 Å². The van der Waals surface area contributed by atoms with E-state index in [0.29, 0.717) is 0 Å². The van der Waals surface area contributed by atoms with Crippen molar-refractivity contribution in [1.82, 2.24) is 4.31 Å². The van der Waals surface area contributed by atoms with Gasteiger partial charge < -0.3 is 0 Å². The highest BCUT2D eigenvalue weighted by Crippen LogP contribution is 2.22. The molecule has 0 spiro atoms. The average molecular weight is 131 g/mol. The lowest BCUT2D eigenvalue weighted by Gasteiger charge is -2.15. The van der Waals surface area contributed by atoms with Gasteiger partial charge in [-0.3, -0.25) is 0 Å². The molecule has 1 aliphatic heterocycles. The van der Waals surface area contributed by atoms with Gasteiger partial charge in [-0.15, -0.1) is 0 Å². The summed E-state index contributed by atoms with van der Waals surface area (Å²) in [7, 11) is 0. The molecule has 2 heteroatoms. The Hall–Kier alpha value is 0.310. The normalized spacial score (nSPS) is 31.5. The molecule has 0 amide bonds. The fourth-order valence-corrected chi connectivity index (χ4v) is 1.96. The maximum atomic E-state index is 2.44. The number of nitrogens with zero attached hydrogens (tertiary/aromatic N) is 1. The number of hydrogen-bond donors (Lipinski definition) is 0. The van der Waals surface area contributed by atoms with Gasteiger partial charge in [-0.2, -0.15) is 0 Å². The third-order valence-corrected chi connectivity index (χ3v) is 2.74. The van der Waals surface area contributed by atoms with Crippen molar-refractivity contribution < 1.29 is 0 Å². The second-order valence-electron chi connectivity index (χ2n) is 2.31. The van der Waals surface area contributed by atoms with E-state index in [1.807, 2.05) is 11.9 Å². The molecule has 0 aromatic heterocycles. The van der Waals surface area contributed by atoms with Crippen molar-refractivity contribution in [1.29, 1.82) is 0 Å². The fraction of sp³-hybridized carbons (Fsp3) is 1.00. The Kier molecular flexibility index (Phi) is 2.20. The van der Waals surface area contributed by atoms with E-state index in [2.05, 4.69) is 17.5 Å².